The highest BCUT2D eigenvalue weighted by Crippen LogP contribution is 2.32. The van der Waals surface area contributed by atoms with Gasteiger partial charge in [0.05, 0.1) is 13.2 Å². The highest BCUT2D eigenvalue weighted by Gasteiger charge is 2.14. The first kappa shape index (κ1) is 14.9. The van der Waals surface area contributed by atoms with E-state index in [0.717, 1.165) is 28.2 Å². The molecule has 1 N–H and O–H groups in total. The minimum atomic E-state index is 0.0780. The van der Waals surface area contributed by atoms with Gasteiger partial charge in [0.25, 0.3) is 0 Å². The normalized spacial score (nSPS) is 12.3. The van der Waals surface area contributed by atoms with Gasteiger partial charge in [0.2, 0.25) is 0 Å². The van der Waals surface area contributed by atoms with Gasteiger partial charge in [0.1, 0.15) is 5.76 Å². The summed E-state index contributed by atoms with van der Waals surface area (Å²) in [7, 11) is 1.66. The quantitative estimate of drug-likeness (QED) is 0.645. The lowest BCUT2D eigenvalue weighted by Gasteiger charge is -2.13. The fraction of sp³-hybridized carbons (Fsp3) is 0.222. The fourth-order valence-electron chi connectivity index (χ4n) is 2.46. The number of thioether (sulfide) groups is 1. The van der Waals surface area contributed by atoms with Crippen LogP contribution in [0.15, 0.2) is 57.8 Å². The van der Waals surface area contributed by atoms with Crippen LogP contribution in [-0.4, -0.2) is 13.4 Å². The molecule has 0 saturated carbocycles. The van der Waals surface area contributed by atoms with Crippen LogP contribution in [0.2, 0.25) is 0 Å². The van der Waals surface area contributed by atoms with Crippen molar-refractivity contribution in [3.05, 3.63) is 54.3 Å². The smallest absolute Gasteiger partial charge is 0.176 e. The van der Waals surface area contributed by atoms with Gasteiger partial charge in [0.15, 0.2) is 11.3 Å². The van der Waals surface area contributed by atoms with E-state index in [1.807, 2.05) is 18.2 Å². The van der Waals surface area contributed by atoms with Crippen LogP contribution in [0.3, 0.4) is 0 Å². The highest BCUT2D eigenvalue weighted by molar-refractivity contribution is 7.98. The number of furan rings is 1. The topological polar surface area (TPSA) is 34.4 Å². The lowest BCUT2D eigenvalue weighted by Crippen LogP contribution is -2.05. The van der Waals surface area contributed by atoms with E-state index < -0.39 is 0 Å². The van der Waals surface area contributed by atoms with Gasteiger partial charge in [-0.1, -0.05) is 18.2 Å². The third-order valence-corrected chi connectivity index (χ3v) is 4.35. The third-order valence-electron chi connectivity index (χ3n) is 3.63. The molecule has 0 aliphatic carbocycles. The van der Waals surface area contributed by atoms with Crippen LogP contribution < -0.4 is 10.1 Å². The molecule has 4 heteroatoms. The molecule has 1 aromatic heterocycles. The van der Waals surface area contributed by atoms with E-state index in [0.29, 0.717) is 0 Å². The largest absolute Gasteiger partial charge is 0.493 e. The maximum Gasteiger partial charge on any atom is 0.176 e. The van der Waals surface area contributed by atoms with Crippen LogP contribution in [0.25, 0.3) is 11.0 Å². The maximum atomic E-state index is 5.99. The molecule has 0 saturated heterocycles. The molecule has 3 rings (SSSR count). The molecule has 0 amide bonds. The van der Waals surface area contributed by atoms with Gasteiger partial charge in [-0.25, -0.2) is 0 Å². The number of fused-ring (bicyclic) bond motifs is 1. The Morgan fingerprint density at radius 3 is 2.73 bits per heavy atom. The van der Waals surface area contributed by atoms with Crippen LogP contribution in [0.5, 0.6) is 5.75 Å². The van der Waals surface area contributed by atoms with Gasteiger partial charge < -0.3 is 14.5 Å². The molecule has 1 unspecified atom stereocenters. The van der Waals surface area contributed by atoms with Crippen LogP contribution >= 0.6 is 11.8 Å². The number of ether oxygens (including phenoxy) is 1. The summed E-state index contributed by atoms with van der Waals surface area (Å²) in [6.45, 7) is 2.09. The van der Waals surface area contributed by atoms with Gasteiger partial charge >= 0.3 is 0 Å². The number of benzene rings is 2. The second-order valence-corrected chi connectivity index (χ2v) is 6.01. The van der Waals surface area contributed by atoms with Crippen LogP contribution in [0.1, 0.15) is 18.7 Å². The van der Waals surface area contributed by atoms with E-state index >= 15 is 0 Å². The number of hydrogen-bond donors (Lipinski definition) is 1. The van der Waals surface area contributed by atoms with Crippen LogP contribution in [0, 0.1) is 0 Å². The van der Waals surface area contributed by atoms with Crippen molar-refractivity contribution >= 4 is 28.4 Å². The number of nitrogens with one attached hydrogen (secondary N) is 1. The lowest BCUT2D eigenvalue weighted by molar-refractivity contribution is 0.406. The lowest BCUT2D eigenvalue weighted by atomic mass is 10.2. The van der Waals surface area contributed by atoms with E-state index in [4.69, 9.17) is 9.15 Å². The van der Waals surface area contributed by atoms with Crippen molar-refractivity contribution in [2.45, 2.75) is 17.9 Å². The summed E-state index contributed by atoms with van der Waals surface area (Å²) in [4.78, 5) is 1.24. The molecule has 0 aliphatic rings. The molecule has 2 aromatic carbocycles. The summed E-state index contributed by atoms with van der Waals surface area (Å²) in [6, 6.07) is 16.4. The van der Waals surface area contributed by atoms with Gasteiger partial charge in [-0.05, 0) is 43.5 Å². The molecule has 114 valence electrons. The van der Waals surface area contributed by atoms with Gasteiger partial charge in [-0.3, -0.25) is 0 Å². The SMILES string of the molecule is COc1cccc2cc(C(C)Nc3cccc(SC)c3)oc12. The first-order chi connectivity index (χ1) is 10.7. The molecular weight excluding hydrogens is 294 g/mol. The Kier molecular flexibility index (Phi) is 4.29. The Labute approximate surface area is 134 Å². The number of anilines is 1. The summed E-state index contributed by atoms with van der Waals surface area (Å²) in [6.07, 6.45) is 2.08. The van der Waals surface area contributed by atoms with E-state index in [2.05, 4.69) is 48.8 Å². The van der Waals surface area contributed by atoms with Gasteiger partial charge in [-0.2, -0.15) is 0 Å². The molecule has 0 aliphatic heterocycles. The summed E-state index contributed by atoms with van der Waals surface area (Å²) in [5.74, 6) is 1.66. The van der Waals surface area contributed by atoms with Crippen molar-refractivity contribution in [1.82, 2.24) is 0 Å². The molecule has 0 fully saturated rings. The average Bonchev–Trinajstić information content (AvgIpc) is 2.99. The first-order valence-electron chi connectivity index (χ1n) is 7.18. The zero-order chi connectivity index (χ0) is 15.5. The van der Waals surface area contributed by atoms with Crippen LogP contribution in [-0.2, 0) is 0 Å². The summed E-state index contributed by atoms with van der Waals surface area (Å²) in [5, 5.41) is 4.54. The summed E-state index contributed by atoms with van der Waals surface area (Å²) < 4.78 is 11.3. The Morgan fingerprint density at radius 1 is 1.14 bits per heavy atom. The molecule has 0 radical (unpaired) electrons. The summed E-state index contributed by atoms with van der Waals surface area (Å²) in [5.41, 5.74) is 1.89. The first-order valence-corrected chi connectivity index (χ1v) is 8.41. The van der Waals surface area contributed by atoms with Crippen molar-refractivity contribution < 1.29 is 9.15 Å². The molecule has 3 aromatic rings. The average molecular weight is 313 g/mol. The Balaban J connectivity index is 1.87. The van der Waals surface area contributed by atoms with E-state index in [9.17, 15) is 0 Å². The third kappa shape index (κ3) is 2.92. The predicted molar refractivity (Wildman–Crippen MR) is 93.0 cm³/mol. The van der Waals surface area contributed by atoms with E-state index in [1.165, 1.54) is 4.90 Å². The highest BCUT2D eigenvalue weighted by atomic mass is 32.2. The maximum absolute atomic E-state index is 5.99. The number of para-hydroxylation sites is 1. The van der Waals surface area contributed by atoms with Gasteiger partial charge in [-0.15, -0.1) is 11.8 Å². The molecule has 0 bridgehead atoms. The molecular formula is C18H19NO2S. The number of methoxy groups -OCH3 is 1. The van der Waals surface area contributed by atoms with Crippen molar-refractivity contribution in [2.24, 2.45) is 0 Å². The number of rotatable bonds is 5. The Morgan fingerprint density at radius 2 is 1.95 bits per heavy atom. The Hall–Kier alpha value is -2.07. The van der Waals surface area contributed by atoms with Gasteiger partial charge in [0, 0.05) is 16.0 Å². The fourth-order valence-corrected chi connectivity index (χ4v) is 2.92. The van der Waals surface area contributed by atoms with Crippen molar-refractivity contribution in [3.8, 4) is 5.75 Å². The molecule has 22 heavy (non-hydrogen) atoms. The molecule has 0 spiro atoms. The molecule has 1 atom stereocenters. The predicted octanol–water partition coefficient (Wildman–Crippen LogP) is 5.34. The standard InChI is InChI=1S/C18H19NO2S/c1-12(19-14-7-5-8-15(11-14)22-3)17-10-13-6-4-9-16(20-2)18(13)21-17/h4-12,19H,1-3H3. The van der Waals surface area contributed by atoms with Crippen molar-refractivity contribution in [1.29, 1.82) is 0 Å². The minimum absolute atomic E-state index is 0.0780. The zero-order valence-electron chi connectivity index (χ0n) is 12.9. The second kappa shape index (κ2) is 6.36. The molecule has 1 heterocycles. The van der Waals surface area contributed by atoms with Crippen LogP contribution in [0.4, 0.5) is 5.69 Å². The van der Waals surface area contributed by atoms with E-state index in [-0.39, 0.29) is 6.04 Å². The number of hydrogen-bond acceptors (Lipinski definition) is 4. The molecule has 3 nitrogen and oxygen atoms in total. The zero-order valence-corrected chi connectivity index (χ0v) is 13.7. The Bertz CT molecular complexity index is 782. The second-order valence-electron chi connectivity index (χ2n) is 5.13. The monoisotopic (exact) mass is 313 g/mol. The summed E-state index contributed by atoms with van der Waals surface area (Å²) >= 11 is 1.73. The van der Waals surface area contributed by atoms with E-state index in [1.54, 1.807) is 18.9 Å². The minimum Gasteiger partial charge on any atom is -0.493 e. The van der Waals surface area contributed by atoms with Crippen molar-refractivity contribution in [3.63, 3.8) is 0 Å². The van der Waals surface area contributed by atoms with Crippen molar-refractivity contribution in [2.75, 3.05) is 18.7 Å².